The first-order valence-electron chi connectivity index (χ1n) is 9.41. The molecule has 7 nitrogen and oxygen atoms in total. The third-order valence-corrected chi connectivity index (χ3v) is 4.71. The summed E-state index contributed by atoms with van der Waals surface area (Å²) in [6.07, 6.45) is 0. The molecule has 1 aliphatic heterocycles. The summed E-state index contributed by atoms with van der Waals surface area (Å²) in [6.45, 7) is 5.39. The Morgan fingerprint density at radius 1 is 0.964 bits per heavy atom. The molecular formula is C21H27N3O4. The summed E-state index contributed by atoms with van der Waals surface area (Å²) in [6, 6.07) is 13.2. The number of para-hydroxylation sites is 2. The van der Waals surface area contributed by atoms with Crippen LogP contribution >= 0.6 is 0 Å². The maximum atomic E-state index is 12.6. The van der Waals surface area contributed by atoms with Crippen LogP contribution in [-0.4, -0.2) is 57.9 Å². The molecule has 1 saturated heterocycles. The highest BCUT2D eigenvalue weighted by molar-refractivity contribution is 5.90. The van der Waals surface area contributed by atoms with Gasteiger partial charge < -0.3 is 29.3 Å². The van der Waals surface area contributed by atoms with Crippen molar-refractivity contribution < 1.29 is 19.0 Å². The van der Waals surface area contributed by atoms with Crippen LogP contribution < -0.4 is 24.4 Å². The third-order valence-electron chi connectivity index (χ3n) is 4.71. The molecule has 1 fully saturated rings. The molecule has 0 unspecified atom stereocenters. The van der Waals surface area contributed by atoms with Gasteiger partial charge in [-0.2, -0.15) is 0 Å². The van der Waals surface area contributed by atoms with Gasteiger partial charge in [0.2, 0.25) is 0 Å². The summed E-state index contributed by atoms with van der Waals surface area (Å²) in [4.78, 5) is 16.7. The van der Waals surface area contributed by atoms with Crippen LogP contribution in [0.2, 0.25) is 0 Å². The predicted octanol–water partition coefficient (Wildman–Crippen LogP) is 3.46. The Morgan fingerprint density at radius 2 is 1.68 bits per heavy atom. The van der Waals surface area contributed by atoms with Crippen molar-refractivity contribution in [2.75, 3.05) is 57.2 Å². The number of nitrogens with zero attached hydrogens (tertiary/aromatic N) is 2. The van der Waals surface area contributed by atoms with E-state index in [4.69, 9.17) is 14.2 Å². The van der Waals surface area contributed by atoms with Crippen molar-refractivity contribution in [2.45, 2.75) is 6.92 Å². The number of rotatable bonds is 6. The summed E-state index contributed by atoms with van der Waals surface area (Å²) < 4.78 is 16.2. The first-order chi connectivity index (χ1) is 13.7. The quantitative estimate of drug-likeness (QED) is 0.825. The van der Waals surface area contributed by atoms with Crippen molar-refractivity contribution in [1.82, 2.24) is 4.90 Å². The van der Waals surface area contributed by atoms with E-state index < -0.39 is 0 Å². The van der Waals surface area contributed by atoms with E-state index in [2.05, 4.69) is 16.3 Å². The van der Waals surface area contributed by atoms with Crippen LogP contribution in [0.3, 0.4) is 0 Å². The van der Waals surface area contributed by atoms with Gasteiger partial charge >= 0.3 is 6.03 Å². The van der Waals surface area contributed by atoms with E-state index in [0.29, 0.717) is 36.9 Å². The van der Waals surface area contributed by atoms with Gasteiger partial charge in [-0.25, -0.2) is 4.79 Å². The van der Waals surface area contributed by atoms with Crippen LogP contribution in [0.25, 0.3) is 0 Å². The fraction of sp³-hybridized carbons (Fsp3) is 0.381. The number of benzene rings is 2. The van der Waals surface area contributed by atoms with E-state index >= 15 is 0 Å². The van der Waals surface area contributed by atoms with E-state index in [1.165, 1.54) is 0 Å². The Hall–Kier alpha value is -3.09. The van der Waals surface area contributed by atoms with Crippen molar-refractivity contribution >= 4 is 17.4 Å². The van der Waals surface area contributed by atoms with Crippen LogP contribution in [-0.2, 0) is 0 Å². The van der Waals surface area contributed by atoms with E-state index in [1.807, 2.05) is 30.0 Å². The Labute approximate surface area is 165 Å². The second-order valence-corrected chi connectivity index (χ2v) is 6.37. The molecule has 0 bridgehead atoms. The number of carbonyl (C=O) groups is 1. The molecule has 150 valence electrons. The van der Waals surface area contributed by atoms with Crippen LogP contribution in [0.1, 0.15) is 6.92 Å². The predicted molar refractivity (Wildman–Crippen MR) is 110 cm³/mol. The monoisotopic (exact) mass is 385 g/mol. The summed E-state index contributed by atoms with van der Waals surface area (Å²) in [5.41, 5.74) is 1.75. The average Bonchev–Trinajstić information content (AvgIpc) is 2.74. The molecule has 0 radical (unpaired) electrons. The number of piperazine rings is 1. The lowest BCUT2D eigenvalue weighted by molar-refractivity contribution is 0.208. The van der Waals surface area contributed by atoms with Crippen LogP contribution in [0.4, 0.5) is 16.2 Å². The van der Waals surface area contributed by atoms with Gasteiger partial charge in [-0.3, -0.25) is 0 Å². The molecule has 1 heterocycles. The lowest BCUT2D eigenvalue weighted by atomic mass is 10.2. The molecule has 2 aromatic carbocycles. The Balaban J connectivity index is 1.60. The van der Waals surface area contributed by atoms with Crippen molar-refractivity contribution in [3.05, 3.63) is 42.5 Å². The van der Waals surface area contributed by atoms with Crippen molar-refractivity contribution in [3.63, 3.8) is 0 Å². The Kier molecular flexibility index (Phi) is 6.47. The van der Waals surface area contributed by atoms with Crippen LogP contribution in [0.15, 0.2) is 42.5 Å². The van der Waals surface area contributed by atoms with E-state index in [-0.39, 0.29) is 6.03 Å². The van der Waals surface area contributed by atoms with Gasteiger partial charge in [-0.05, 0) is 31.2 Å². The summed E-state index contributed by atoms with van der Waals surface area (Å²) in [7, 11) is 3.15. The molecular weight excluding hydrogens is 358 g/mol. The van der Waals surface area contributed by atoms with Gasteiger partial charge in [-0.1, -0.05) is 12.1 Å². The minimum absolute atomic E-state index is 0.120. The lowest BCUT2D eigenvalue weighted by Gasteiger charge is -2.36. The van der Waals surface area contributed by atoms with Gasteiger partial charge in [0, 0.05) is 37.9 Å². The normalized spacial score (nSPS) is 13.8. The fourth-order valence-electron chi connectivity index (χ4n) is 3.26. The summed E-state index contributed by atoms with van der Waals surface area (Å²) in [5.74, 6) is 2.09. The highest BCUT2D eigenvalue weighted by atomic mass is 16.5. The summed E-state index contributed by atoms with van der Waals surface area (Å²) >= 11 is 0. The van der Waals surface area contributed by atoms with Gasteiger partial charge in [0.15, 0.2) is 11.5 Å². The molecule has 7 heteroatoms. The van der Waals surface area contributed by atoms with Crippen molar-refractivity contribution in [3.8, 4) is 17.2 Å². The topological polar surface area (TPSA) is 63.3 Å². The van der Waals surface area contributed by atoms with Gasteiger partial charge in [0.25, 0.3) is 0 Å². The third kappa shape index (κ3) is 4.42. The number of hydrogen-bond donors (Lipinski definition) is 1. The second kappa shape index (κ2) is 9.21. The zero-order valence-corrected chi connectivity index (χ0v) is 16.6. The molecule has 0 aromatic heterocycles. The lowest BCUT2D eigenvalue weighted by Crippen LogP contribution is -2.50. The fourth-order valence-corrected chi connectivity index (χ4v) is 3.26. The van der Waals surface area contributed by atoms with Crippen molar-refractivity contribution in [1.29, 1.82) is 0 Å². The highest BCUT2D eigenvalue weighted by Gasteiger charge is 2.23. The smallest absolute Gasteiger partial charge is 0.321 e. The minimum atomic E-state index is -0.120. The number of amides is 2. The zero-order chi connectivity index (χ0) is 19.9. The standard InChI is InChI=1S/C21H27N3O4/c1-4-28-18-8-6-5-7-17(18)23-11-13-24(14-12-23)21(25)22-16-9-10-19(26-2)20(15-16)27-3/h5-10,15H,4,11-14H2,1-3H3,(H,22,25). The van der Waals surface area contributed by atoms with E-state index in [9.17, 15) is 4.79 Å². The van der Waals surface area contributed by atoms with Crippen LogP contribution in [0.5, 0.6) is 17.2 Å². The number of hydrogen-bond acceptors (Lipinski definition) is 5. The van der Waals surface area contributed by atoms with E-state index in [0.717, 1.165) is 24.5 Å². The highest BCUT2D eigenvalue weighted by Crippen LogP contribution is 2.31. The molecule has 2 aromatic rings. The van der Waals surface area contributed by atoms with Gasteiger partial charge in [0.05, 0.1) is 26.5 Å². The molecule has 3 rings (SSSR count). The number of methoxy groups -OCH3 is 2. The minimum Gasteiger partial charge on any atom is -0.493 e. The number of ether oxygens (including phenoxy) is 3. The number of urea groups is 1. The first-order valence-corrected chi connectivity index (χ1v) is 9.41. The Bertz CT molecular complexity index is 804. The molecule has 0 saturated carbocycles. The second-order valence-electron chi connectivity index (χ2n) is 6.37. The largest absolute Gasteiger partial charge is 0.493 e. The maximum absolute atomic E-state index is 12.6. The molecule has 1 aliphatic rings. The Morgan fingerprint density at radius 3 is 2.36 bits per heavy atom. The van der Waals surface area contributed by atoms with Crippen LogP contribution in [0, 0.1) is 0 Å². The van der Waals surface area contributed by atoms with Gasteiger partial charge in [-0.15, -0.1) is 0 Å². The molecule has 0 spiro atoms. The zero-order valence-electron chi connectivity index (χ0n) is 16.6. The molecule has 1 N–H and O–H groups in total. The van der Waals surface area contributed by atoms with Gasteiger partial charge in [0.1, 0.15) is 5.75 Å². The van der Waals surface area contributed by atoms with Crippen molar-refractivity contribution in [2.24, 2.45) is 0 Å². The molecule has 0 atom stereocenters. The first kappa shape index (κ1) is 19.7. The van der Waals surface area contributed by atoms with E-state index in [1.54, 1.807) is 32.4 Å². The number of anilines is 2. The average molecular weight is 385 g/mol. The molecule has 2 amide bonds. The number of carbonyl (C=O) groups excluding carboxylic acids is 1. The maximum Gasteiger partial charge on any atom is 0.321 e. The molecule has 28 heavy (non-hydrogen) atoms. The molecule has 0 aliphatic carbocycles. The summed E-state index contributed by atoms with van der Waals surface area (Å²) in [5, 5.41) is 2.93. The SMILES string of the molecule is CCOc1ccccc1N1CCN(C(=O)Nc2ccc(OC)c(OC)c2)CC1. The number of nitrogens with one attached hydrogen (secondary N) is 1.